The molecule has 1 aliphatic heterocycles. The maximum atomic E-state index is 6.51. The lowest BCUT2D eigenvalue weighted by Crippen LogP contribution is -2.35. The maximum absolute atomic E-state index is 6.51. The first-order valence-electron chi connectivity index (χ1n) is 7.50. The number of fused-ring (bicyclic) bond motifs is 1. The predicted molar refractivity (Wildman–Crippen MR) is 81.9 cm³/mol. The largest absolute Gasteiger partial charge is 0.367 e. The molecule has 0 bridgehead atoms. The summed E-state index contributed by atoms with van der Waals surface area (Å²) in [5.41, 5.74) is 2.62. The number of hydrogen-bond acceptors (Lipinski definition) is 2. The van der Waals surface area contributed by atoms with Crippen LogP contribution in [0.4, 0.5) is 5.69 Å². The van der Waals surface area contributed by atoms with E-state index in [0.717, 1.165) is 23.5 Å². The van der Waals surface area contributed by atoms with Crippen molar-refractivity contribution in [2.45, 2.75) is 44.7 Å². The van der Waals surface area contributed by atoms with E-state index in [4.69, 9.17) is 11.6 Å². The zero-order valence-electron chi connectivity index (χ0n) is 11.7. The first kappa shape index (κ1) is 13.3. The van der Waals surface area contributed by atoms with Gasteiger partial charge in [0.25, 0.3) is 0 Å². The highest BCUT2D eigenvalue weighted by Gasteiger charge is 2.37. The average Bonchev–Trinajstić information content (AvgIpc) is 2.83. The van der Waals surface area contributed by atoms with Crippen molar-refractivity contribution in [1.82, 2.24) is 5.32 Å². The molecule has 2 nitrogen and oxygen atoms in total. The third kappa shape index (κ3) is 2.48. The summed E-state index contributed by atoms with van der Waals surface area (Å²) in [5.74, 6) is 0.896. The summed E-state index contributed by atoms with van der Waals surface area (Å²) in [7, 11) is 2.00. The molecular weight excluding hydrogens is 256 g/mol. The van der Waals surface area contributed by atoms with Crippen LogP contribution in [0.3, 0.4) is 0 Å². The monoisotopic (exact) mass is 278 g/mol. The van der Waals surface area contributed by atoms with Crippen LogP contribution in [0.5, 0.6) is 0 Å². The molecule has 19 heavy (non-hydrogen) atoms. The fraction of sp³-hybridized carbons (Fsp3) is 0.625. The van der Waals surface area contributed by atoms with Gasteiger partial charge in [-0.15, -0.1) is 0 Å². The molecule has 1 saturated carbocycles. The number of para-hydroxylation sites is 1. The van der Waals surface area contributed by atoms with Crippen molar-refractivity contribution in [2.24, 2.45) is 5.92 Å². The van der Waals surface area contributed by atoms with Crippen molar-refractivity contribution >= 4 is 17.3 Å². The number of benzene rings is 1. The summed E-state index contributed by atoms with van der Waals surface area (Å²) in [6.07, 6.45) is 6.89. The van der Waals surface area contributed by atoms with Crippen LogP contribution in [-0.4, -0.2) is 19.6 Å². The second kappa shape index (κ2) is 5.72. The number of nitrogens with one attached hydrogen (secondary N) is 1. The van der Waals surface area contributed by atoms with Crippen molar-refractivity contribution < 1.29 is 0 Å². The van der Waals surface area contributed by atoms with Crippen LogP contribution < -0.4 is 10.2 Å². The molecular formula is C16H23ClN2. The van der Waals surface area contributed by atoms with Gasteiger partial charge in [-0.2, -0.15) is 0 Å². The summed E-state index contributed by atoms with van der Waals surface area (Å²) in [4.78, 5) is 2.60. The van der Waals surface area contributed by atoms with Crippen LogP contribution >= 0.6 is 11.6 Å². The van der Waals surface area contributed by atoms with E-state index in [1.165, 1.54) is 49.9 Å². The summed E-state index contributed by atoms with van der Waals surface area (Å²) in [6, 6.07) is 7.02. The van der Waals surface area contributed by atoms with Crippen molar-refractivity contribution in [3.63, 3.8) is 0 Å². The van der Waals surface area contributed by atoms with Gasteiger partial charge in [0.05, 0.1) is 10.7 Å². The summed E-state index contributed by atoms with van der Waals surface area (Å²) in [5, 5.41) is 4.18. The second-order valence-corrected chi connectivity index (χ2v) is 6.28. The van der Waals surface area contributed by atoms with Gasteiger partial charge in [-0.3, -0.25) is 0 Å². The Morgan fingerprint density at radius 1 is 1.26 bits per heavy atom. The highest BCUT2D eigenvalue weighted by atomic mass is 35.5. The first-order chi connectivity index (χ1) is 9.31. The molecule has 3 rings (SSSR count). The highest BCUT2D eigenvalue weighted by molar-refractivity contribution is 6.33. The van der Waals surface area contributed by atoms with E-state index in [9.17, 15) is 0 Å². The average molecular weight is 279 g/mol. The number of hydrogen-bond donors (Lipinski definition) is 1. The lowest BCUT2D eigenvalue weighted by atomic mass is 9.85. The Kier molecular flexibility index (Phi) is 3.99. The van der Waals surface area contributed by atoms with Gasteiger partial charge in [-0.05, 0) is 43.9 Å². The molecule has 1 aromatic carbocycles. The fourth-order valence-electron chi connectivity index (χ4n) is 3.90. The molecule has 2 fully saturated rings. The summed E-state index contributed by atoms with van der Waals surface area (Å²) < 4.78 is 0. The smallest absolute Gasteiger partial charge is 0.0643 e. The number of anilines is 1. The minimum absolute atomic E-state index is 0.726. The van der Waals surface area contributed by atoms with Gasteiger partial charge < -0.3 is 10.2 Å². The van der Waals surface area contributed by atoms with E-state index in [0.29, 0.717) is 0 Å². The van der Waals surface area contributed by atoms with Crippen molar-refractivity contribution in [2.75, 3.05) is 18.5 Å². The zero-order chi connectivity index (χ0) is 13.2. The molecule has 1 heterocycles. The molecule has 0 aromatic heterocycles. The quantitative estimate of drug-likeness (QED) is 0.904. The first-order valence-corrected chi connectivity index (χ1v) is 7.87. The van der Waals surface area contributed by atoms with Crippen molar-refractivity contribution in [3.8, 4) is 0 Å². The molecule has 1 saturated heterocycles. The molecule has 104 valence electrons. The van der Waals surface area contributed by atoms with Crippen molar-refractivity contribution in [3.05, 3.63) is 28.8 Å². The highest BCUT2D eigenvalue weighted by Crippen LogP contribution is 2.42. The molecule has 1 aromatic rings. The Bertz CT molecular complexity index is 446. The maximum Gasteiger partial charge on any atom is 0.0643 e. The summed E-state index contributed by atoms with van der Waals surface area (Å²) >= 11 is 6.51. The number of rotatable bonds is 3. The molecule has 1 aliphatic carbocycles. The normalized spacial score (nSPS) is 26.5. The van der Waals surface area contributed by atoms with E-state index in [-0.39, 0.29) is 0 Å². The van der Waals surface area contributed by atoms with Gasteiger partial charge in [0.1, 0.15) is 0 Å². The Balaban J connectivity index is 1.93. The van der Waals surface area contributed by atoms with Crippen molar-refractivity contribution in [1.29, 1.82) is 0 Å². The van der Waals surface area contributed by atoms with Gasteiger partial charge in [-0.25, -0.2) is 0 Å². The van der Waals surface area contributed by atoms with E-state index < -0.39 is 0 Å². The minimum Gasteiger partial charge on any atom is -0.367 e. The third-order valence-electron chi connectivity index (χ3n) is 4.73. The van der Waals surface area contributed by atoms with E-state index in [2.05, 4.69) is 22.3 Å². The van der Waals surface area contributed by atoms with E-state index in [1.807, 2.05) is 13.1 Å². The Hall–Kier alpha value is -0.730. The molecule has 2 unspecified atom stereocenters. The Morgan fingerprint density at radius 3 is 2.95 bits per heavy atom. The van der Waals surface area contributed by atoms with Crippen LogP contribution in [0.25, 0.3) is 0 Å². The van der Waals surface area contributed by atoms with E-state index in [1.54, 1.807) is 0 Å². The van der Waals surface area contributed by atoms with Gasteiger partial charge in [0.2, 0.25) is 0 Å². The fourth-order valence-corrected chi connectivity index (χ4v) is 4.20. The topological polar surface area (TPSA) is 15.3 Å². The van der Waals surface area contributed by atoms with Crippen LogP contribution in [0.2, 0.25) is 5.02 Å². The Labute approximate surface area is 121 Å². The lowest BCUT2D eigenvalue weighted by Gasteiger charge is -2.34. The molecule has 0 radical (unpaired) electrons. The lowest BCUT2D eigenvalue weighted by molar-refractivity contribution is 0.342. The predicted octanol–water partition coefficient (Wildman–Crippen LogP) is 3.83. The summed E-state index contributed by atoms with van der Waals surface area (Å²) in [6.45, 7) is 2.07. The molecule has 0 spiro atoms. The SMILES string of the molecule is CNCc1cccc(Cl)c1N1CCC2CCCCC21. The van der Waals surface area contributed by atoms with Gasteiger partial charge in [-0.1, -0.05) is 36.6 Å². The van der Waals surface area contributed by atoms with Crippen LogP contribution in [0.15, 0.2) is 18.2 Å². The molecule has 0 amide bonds. The van der Waals surface area contributed by atoms with Crippen LogP contribution in [0.1, 0.15) is 37.7 Å². The van der Waals surface area contributed by atoms with Gasteiger partial charge in [0, 0.05) is 19.1 Å². The van der Waals surface area contributed by atoms with Gasteiger partial charge in [0.15, 0.2) is 0 Å². The molecule has 1 N–H and O–H groups in total. The molecule has 2 aliphatic rings. The minimum atomic E-state index is 0.726. The zero-order valence-corrected chi connectivity index (χ0v) is 12.4. The van der Waals surface area contributed by atoms with Crippen LogP contribution in [-0.2, 0) is 6.54 Å². The van der Waals surface area contributed by atoms with E-state index >= 15 is 0 Å². The van der Waals surface area contributed by atoms with Gasteiger partial charge >= 0.3 is 0 Å². The number of nitrogens with zero attached hydrogens (tertiary/aromatic N) is 1. The Morgan fingerprint density at radius 2 is 2.11 bits per heavy atom. The standard InChI is InChI=1S/C16H23ClN2/c1-18-11-13-6-4-7-14(17)16(13)19-10-9-12-5-2-3-8-15(12)19/h4,6-7,12,15,18H,2-3,5,8-11H2,1H3. The number of halogens is 1. The second-order valence-electron chi connectivity index (χ2n) is 5.87. The van der Waals surface area contributed by atoms with Crippen LogP contribution in [0, 0.1) is 5.92 Å². The molecule has 2 atom stereocenters. The third-order valence-corrected chi connectivity index (χ3v) is 5.04. The molecule has 3 heteroatoms.